The molecule has 1 nitrogen and oxygen atoms in total. The Bertz CT molecular complexity index is 314. The topological polar surface area (TPSA) is 3.24 Å². The lowest BCUT2D eigenvalue weighted by molar-refractivity contribution is 0.226. The summed E-state index contributed by atoms with van der Waals surface area (Å²) in [5.74, 6) is 0.619. The Balaban J connectivity index is 1.69. The van der Waals surface area contributed by atoms with Gasteiger partial charge in [0, 0.05) is 5.88 Å². The van der Waals surface area contributed by atoms with Crippen LogP contribution in [0, 0.1) is 0 Å². The average Bonchev–Trinajstić information content (AvgIpc) is 2.41. The Morgan fingerprint density at radius 1 is 0.941 bits per heavy atom. The molecular formula is C15H22ClN. The lowest BCUT2D eigenvalue weighted by atomic mass is 10.1. The van der Waals surface area contributed by atoms with E-state index < -0.39 is 0 Å². The molecule has 1 aromatic rings. The van der Waals surface area contributed by atoms with Crippen molar-refractivity contribution in [1.29, 1.82) is 0 Å². The highest BCUT2D eigenvalue weighted by Crippen LogP contribution is 2.12. The number of halogens is 1. The van der Waals surface area contributed by atoms with Crippen molar-refractivity contribution in [1.82, 2.24) is 4.90 Å². The van der Waals surface area contributed by atoms with Gasteiger partial charge in [-0.15, -0.1) is 11.6 Å². The van der Waals surface area contributed by atoms with Crippen LogP contribution < -0.4 is 0 Å². The molecule has 0 bridgehead atoms. The fourth-order valence-corrected chi connectivity index (χ4v) is 2.66. The van der Waals surface area contributed by atoms with E-state index in [0.29, 0.717) is 5.88 Å². The van der Waals surface area contributed by atoms with Gasteiger partial charge >= 0.3 is 0 Å². The molecule has 1 saturated heterocycles. The molecule has 94 valence electrons. The van der Waals surface area contributed by atoms with Gasteiger partial charge in [-0.05, 0) is 56.4 Å². The Morgan fingerprint density at radius 2 is 1.59 bits per heavy atom. The van der Waals surface area contributed by atoms with Gasteiger partial charge in [0.1, 0.15) is 0 Å². The van der Waals surface area contributed by atoms with E-state index in [9.17, 15) is 0 Å². The monoisotopic (exact) mass is 251 g/mol. The quantitative estimate of drug-likeness (QED) is 0.719. The number of rotatable bonds is 5. The van der Waals surface area contributed by atoms with Crippen LogP contribution in [-0.2, 0) is 12.3 Å². The molecule has 0 aliphatic carbocycles. The molecule has 2 rings (SSSR count). The van der Waals surface area contributed by atoms with Crippen molar-refractivity contribution in [3.8, 4) is 0 Å². The van der Waals surface area contributed by atoms with Crippen molar-refractivity contribution in [3.63, 3.8) is 0 Å². The second kappa shape index (κ2) is 7.03. The minimum atomic E-state index is 0.619. The van der Waals surface area contributed by atoms with Crippen molar-refractivity contribution < 1.29 is 0 Å². The highest BCUT2D eigenvalue weighted by Gasteiger charge is 2.08. The van der Waals surface area contributed by atoms with E-state index in [-0.39, 0.29) is 0 Å². The molecule has 0 unspecified atom stereocenters. The first-order valence-electron chi connectivity index (χ1n) is 6.74. The molecule has 0 radical (unpaired) electrons. The van der Waals surface area contributed by atoms with Crippen LogP contribution in [0.3, 0.4) is 0 Å². The van der Waals surface area contributed by atoms with Crippen molar-refractivity contribution >= 4 is 11.6 Å². The summed E-state index contributed by atoms with van der Waals surface area (Å²) in [5, 5.41) is 0. The van der Waals surface area contributed by atoms with Crippen LogP contribution in [-0.4, -0.2) is 24.5 Å². The fraction of sp³-hybridized carbons (Fsp3) is 0.600. The van der Waals surface area contributed by atoms with E-state index >= 15 is 0 Å². The Labute approximate surface area is 110 Å². The summed E-state index contributed by atoms with van der Waals surface area (Å²) >= 11 is 5.78. The molecular weight excluding hydrogens is 230 g/mol. The van der Waals surface area contributed by atoms with Gasteiger partial charge in [-0.2, -0.15) is 0 Å². The number of alkyl halides is 1. The van der Waals surface area contributed by atoms with Crippen LogP contribution in [0.2, 0.25) is 0 Å². The minimum Gasteiger partial charge on any atom is -0.303 e. The molecule has 1 aromatic carbocycles. The lowest BCUT2D eigenvalue weighted by Gasteiger charge is -2.26. The summed E-state index contributed by atoms with van der Waals surface area (Å²) in [5.41, 5.74) is 2.65. The zero-order valence-electron chi connectivity index (χ0n) is 10.5. The molecule has 0 aromatic heterocycles. The SMILES string of the molecule is ClCc1ccc(CCCN2CCCCC2)cc1. The van der Waals surface area contributed by atoms with E-state index in [1.54, 1.807) is 0 Å². The predicted molar refractivity (Wildman–Crippen MR) is 74.6 cm³/mol. The first-order valence-corrected chi connectivity index (χ1v) is 7.28. The average molecular weight is 252 g/mol. The number of piperidine rings is 1. The second-order valence-electron chi connectivity index (χ2n) is 4.96. The molecule has 0 N–H and O–H groups in total. The van der Waals surface area contributed by atoms with E-state index in [0.717, 1.165) is 0 Å². The predicted octanol–water partition coefficient (Wildman–Crippen LogP) is 3.84. The van der Waals surface area contributed by atoms with Gasteiger partial charge in [-0.3, -0.25) is 0 Å². The Hall–Kier alpha value is -0.530. The Morgan fingerprint density at radius 3 is 2.24 bits per heavy atom. The van der Waals surface area contributed by atoms with Gasteiger partial charge in [-0.25, -0.2) is 0 Å². The van der Waals surface area contributed by atoms with Crippen LogP contribution >= 0.6 is 11.6 Å². The maximum atomic E-state index is 5.78. The summed E-state index contributed by atoms with van der Waals surface area (Å²) in [6, 6.07) is 8.72. The largest absolute Gasteiger partial charge is 0.303 e. The number of aryl methyl sites for hydroxylation is 1. The molecule has 0 spiro atoms. The lowest BCUT2D eigenvalue weighted by Crippen LogP contribution is -2.30. The molecule has 0 atom stereocenters. The molecule has 17 heavy (non-hydrogen) atoms. The number of likely N-dealkylation sites (tertiary alicyclic amines) is 1. The summed E-state index contributed by atoms with van der Waals surface area (Å²) in [6.07, 6.45) is 6.69. The first-order chi connectivity index (χ1) is 8.38. The molecule has 0 saturated carbocycles. The van der Waals surface area contributed by atoms with Crippen LogP contribution in [0.25, 0.3) is 0 Å². The first kappa shape index (κ1) is 12.9. The van der Waals surface area contributed by atoms with Gasteiger partial charge in [0.25, 0.3) is 0 Å². The highest BCUT2D eigenvalue weighted by molar-refractivity contribution is 6.17. The third kappa shape index (κ3) is 4.33. The van der Waals surface area contributed by atoms with Crippen molar-refractivity contribution in [3.05, 3.63) is 35.4 Å². The van der Waals surface area contributed by atoms with Crippen LogP contribution in [0.1, 0.15) is 36.8 Å². The van der Waals surface area contributed by atoms with Crippen molar-refractivity contribution in [2.45, 2.75) is 38.0 Å². The van der Waals surface area contributed by atoms with Crippen LogP contribution in [0.15, 0.2) is 24.3 Å². The molecule has 1 heterocycles. The zero-order valence-corrected chi connectivity index (χ0v) is 11.3. The highest BCUT2D eigenvalue weighted by atomic mass is 35.5. The molecule has 2 heteroatoms. The maximum absolute atomic E-state index is 5.78. The third-order valence-corrected chi connectivity index (χ3v) is 3.87. The van der Waals surface area contributed by atoms with E-state index in [1.165, 1.54) is 62.9 Å². The van der Waals surface area contributed by atoms with E-state index in [2.05, 4.69) is 29.2 Å². The number of benzene rings is 1. The third-order valence-electron chi connectivity index (χ3n) is 3.57. The van der Waals surface area contributed by atoms with Gasteiger partial charge in [0.2, 0.25) is 0 Å². The number of nitrogens with zero attached hydrogens (tertiary/aromatic N) is 1. The zero-order chi connectivity index (χ0) is 11.9. The van der Waals surface area contributed by atoms with Gasteiger partial charge in [0.05, 0.1) is 0 Å². The van der Waals surface area contributed by atoms with Gasteiger partial charge in [-0.1, -0.05) is 30.7 Å². The fourth-order valence-electron chi connectivity index (χ4n) is 2.48. The molecule has 1 fully saturated rings. The maximum Gasteiger partial charge on any atom is 0.0474 e. The standard InChI is InChI=1S/C15H22ClN/c16-13-15-8-6-14(7-9-15)5-4-12-17-10-2-1-3-11-17/h6-9H,1-5,10-13H2. The summed E-state index contributed by atoms with van der Waals surface area (Å²) in [6.45, 7) is 3.88. The molecule has 0 amide bonds. The summed E-state index contributed by atoms with van der Waals surface area (Å²) in [7, 11) is 0. The number of hydrogen-bond acceptors (Lipinski definition) is 1. The Kier molecular flexibility index (Phi) is 5.34. The second-order valence-corrected chi connectivity index (χ2v) is 5.22. The molecule has 1 aliphatic heterocycles. The smallest absolute Gasteiger partial charge is 0.0474 e. The van der Waals surface area contributed by atoms with Crippen molar-refractivity contribution in [2.24, 2.45) is 0 Å². The van der Waals surface area contributed by atoms with Gasteiger partial charge in [0.15, 0.2) is 0 Å². The summed E-state index contributed by atoms with van der Waals surface area (Å²) < 4.78 is 0. The van der Waals surface area contributed by atoms with E-state index in [1.807, 2.05) is 0 Å². The van der Waals surface area contributed by atoms with E-state index in [4.69, 9.17) is 11.6 Å². The van der Waals surface area contributed by atoms with Crippen LogP contribution in [0.5, 0.6) is 0 Å². The van der Waals surface area contributed by atoms with Crippen LogP contribution in [0.4, 0.5) is 0 Å². The normalized spacial score (nSPS) is 17.2. The number of hydrogen-bond donors (Lipinski definition) is 0. The molecule has 1 aliphatic rings. The van der Waals surface area contributed by atoms with Crippen molar-refractivity contribution in [2.75, 3.05) is 19.6 Å². The minimum absolute atomic E-state index is 0.619. The summed E-state index contributed by atoms with van der Waals surface area (Å²) in [4.78, 5) is 2.61. The van der Waals surface area contributed by atoms with Gasteiger partial charge < -0.3 is 4.90 Å².